The maximum atomic E-state index is 9.62. The van der Waals surface area contributed by atoms with E-state index in [0.717, 1.165) is 0 Å². The van der Waals surface area contributed by atoms with Gasteiger partial charge in [-0.3, -0.25) is 0 Å². The molecular formula is C4H2Cl6HgO4. The second-order valence-corrected chi connectivity index (χ2v) is 6.17. The van der Waals surface area contributed by atoms with Gasteiger partial charge in [0.15, 0.2) is 0 Å². The molecule has 0 aromatic carbocycles. The fourth-order valence-corrected chi connectivity index (χ4v) is 0. The predicted octanol–water partition coefficient (Wildman–Crippen LogP) is 2.88. The Morgan fingerprint density at radius 3 is 0.800 bits per heavy atom. The molecule has 11 heteroatoms. The SMILES string of the molecule is O=C(O)C(Cl)(Cl)Cl.O=C(O)C(Cl)(Cl)Cl.[Hg]. The molecule has 86 valence electrons. The molecule has 4 nitrogen and oxygen atoms in total. The summed E-state index contributed by atoms with van der Waals surface area (Å²) in [5, 5.41) is 15.7. The Morgan fingerprint density at radius 1 is 0.733 bits per heavy atom. The standard InChI is InChI=1S/2C2HCl3O2.Hg/c2*3-2(4,5)1(6)7;/h2*(H,6,7);. The van der Waals surface area contributed by atoms with Gasteiger partial charge in [-0.2, -0.15) is 0 Å². The molecule has 0 aliphatic carbocycles. The van der Waals surface area contributed by atoms with E-state index in [0.29, 0.717) is 0 Å². The minimum atomic E-state index is -2.17. The van der Waals surface area contributed by atoms with E-state index in [2.05, 4.69) is 0 Å². The van der Waals surface area contributed by atoms with Crippen molar-refractivity contribution in [3.63, 3.8) is 0 Å². The van der Waals surface area contributed by atoms with Crippen LogP contribution in [-0.4, -0.2) is 29.7 Å². The summed E-state index contributed by atoms with van der Waals surface area (Å²) >= 11 is 28.8. The summed E-state index contributed by atoms with van der Waals surface area (Å²) in [5.41, 5.74) is 0. The van der Waals surface area contributed by atoms with E-state index in [9.17, 15) is 9.59 Å². The van der Waals surface area contributed by atoms with Crippen LogP contribution >= 0.6 is 69.6 Å². The summed E-state index contributed by atoms with van der Waals surface area (Å²) in [7, 11) is 0. The smallest absolute Gasteiger partial charge is 0.356 e. The van der Waals surface area contributed by atoms with E-state index in [4.69, 9.17) is 79.8 Å². The molecule has 0 bridgehead atoms. The van der Waals surface area contributed by atoms with Crippen LogP contribution in [0, 0.1) is 0 Å². The van der Waals surface area contributed by atoms with Crippen LogP contribution in [0.2, 0.25) is 0 Å². The number of carboxylic acids is 2. The van der Waals surface area contributed by atoms with Gasteiger partial charge in [0.25, 0.3) is 7.59 Å². The Morgan fingerprint density at radius 2 is 0.800 bits per heavy atom. The Labute approximate surface area is 135 Å². The molecular weight excluding hydrogens is 525 g/mol. The monoisotopic (exact) mass is 526 g/mol. The zero-order chi connectivity index (χ0) is 12.2. The van der Waals surface area contributed by atoms with Crippen LogP contribution in [0.25, 0.3) is 0 Å². The second kappa shape index (κ2) is 8.67. The van der Waals surface area contributed by atoms with E-state index in [1.54, 1.807) is 0 Å². The Kier molecular flexibility index (Phi) is 12.6. The van der Waals surface area contributed by atoms with Crippen molar-refractivity contribution in [1.29, 1.82) is 0 Å². The molecule has 0 aromatic heterocycles. The molecule has 0 saturated carbocycles. The maximum Gasteiger partial charge on any atom is 0.356 e. The molecule has 0 aliphatic rings. The molecule has 0 radical (unpaired) electrons. The summed E-state index contributed by atoms with van der Waals surface area (Å²) in [6.45, 7) is 0. The van der Waals surface area contributed by atoms with Crippen LogP contribution in [0.3, 0.4) is 0 Å². The van der Waals surface area contributed by atoms with Crippen molar-refractivity contribution in [2.45, 2.75) is 7.59 Å². The normalized spacial score (nSPS) is 10.5. The van der Waals surface area contributed by atoms with Gasteiger partial charge in [0.1, 0.15) is 0 Å². The molecule has 0 saturated heterocycles. The van der Waals surface area contributed by atoms with Crippen LogP contribution in [0.4, 0.5) is 0 Å². The van der Waals surface area contributed by atoms with Crippen molar-refractivity contribution in [2.75, 3.05) is 0 Å². The van der Waals surface area contributed by atoms with Gasteiger partial charge in [0, 0.05) is 27.7 Å². The van der Waals surface area contributed by atoms with E-state index in [1.165, 1.54) is 0 Å². The minimum absolute atomic E-state index is 0. The van der Waals surface area contributed by atoms with E-state index < -0.39 is 19.5 Å². The third-order valence-corrected chi connectivity index (χ3v) is 1.46. The fraction of sp³-hybridized carbons (Fsp3) is 0.500. The Balaban J connectivity index is -0.000000180. The minimum Gasteiger partial charge on any atom is -0.478 e. The Hall–Kier alpha value is 1.62. The van der Waals surface area contributed by atoms with Crippen LogP contribution in [-0.2, 0) is 37.3 Å². The van der Waals surface area contributed by atoms with Gasteiger partial charge in [0.05, 0.1) is 0 Å². The average molecular weight is 527 g/mol. The number of rotatable bonds is 0. The van der Waals surface area contributed by atoms with Crippen molar-refractivity contribution < 1.29 is 47.5 Å². The fourth-order valence-electron chi connectivity index (χ4n) is 0. The molecule has 2 N–H and O–H groups in total. The topological polar surface area (TPSA) is 74.6 Å². The van der Waals surface area contributed by atoms with Gasteiger partial charge in [-0.15, -0.1) is 0 Å². The summed E-state index contributed by atoms with van der Waals surface area (Å²) in [6.07, 6.45) is 0. The van der Waals surface area contributed by atoms with Gasteiger partial charge < -0.3 is 10.2 Å². The zero-order valence-corrected chi connectivity index (χ0v) is 16.7. The molecule has 0 unspecified atom stereocenters. The number of halogens is 6. The van der Waals surface area contributed by atoms with Crippen molar-refractivity contribution in [2.24, 2.45) is 0 Å². The molecule has 0 aliphatic heterocycles. The van der Waals surface area contributed by atoms with Gasteiger partial charge in [-0.05, 0) is 0 Å². The van der Waals surface area contributed by atoms with E-state index >= 15 is 0 Å². The number of aliphatic carboxylic acids is 2. The zero-order valence-electron chi connectivity index (χ0n) is 6.69. The number of hydrogen-bond donors (Lipinski definition) is 2. The number of hydrogen-bond acceptors (Lipinski definition) is 2. The van der Waals surface area contributed by atoms with Crippen molar-refractivity contribution >= 4 is 81.5 Å². The Bertz CT molecular complexity index is 196. The van der Waals surface area contributed by atoms with Crippen molar-refractivity contribution in [3.05, 3.63) is 0 Å². The van der Waals surface area contributed by atoms with Crippen LogP contribution in [0.1, 0.15) is 0 Å². The summed E-state index contributed by atoms with van der Waals surface area (Å²) < 4.78 is -4.33. The molecule has 15 heavy (non-hydrogen) atoms. The summed E-state index contributed by atoms with van der Waals surface area (Å²) in [4.78, 5) is 19.2. The number of alkyl halides is 6. The molecule has 0 heterocycles. The first-order valence-electron chi connectivity index (χ1n) is 2.49. The maximum absolute atomic E-state index is 9.62. The third kappa shape index (κ3) is 15.6. The molecule has 0 atom stereocenters. The largest absolute Gasteiger partial charge is 0.478 e. The molecule has 0 aromatic rings. The molecule has 0 fully saturated rings. The van der Waals surface area contributed by atoms with Crippen molar-refractivity contribution in [3.8, 4) is 0 Å². The quantitative estimate of drug-likeness (QED) is 0.376. The predicted molar refractivity (Wildman–Crippen MR) is 55.9 cm³/mol. The van der Waals surface area contributed by atoms with Gasteiger partial charge in [-0.1, -0.05) is 69.6 Å². The summed E-state index contributed by atoms with van der Waals surface area (Å²) in [5.74, 6) is -2.92. The van der Waals surface area contributed by atoms with Crippen LogP contribution in [0.15, 0.2) is 0 Å². The second-order valence-electron chi connectivity index (χ2n) is 1.61. The number of carbonyl (C=O) groups is 2. The molecule has 0 amide bonds. The third-order valence-electron chi connectivity index (χ3n) is 0.485. The first-order chi connectivity index (χ1) is 5.89. The van der Waals surface area contributed by atoms with Crippen LogP contribution in [0.5, 0.6) is 0 Å². The molecule has 0 rings (SSSR count). The average Bonchev–Trinajstić information content (AvgIpc) is 1.83. The van der Waals surface area contributed by atoms with Gasteiger partial charge in [0.2, 0.25) is 0 Å². The first kappa shape index (κ1) is 21.9. The van der Waals surface area contributed by atoms with E-state index in [-0.39, 0.29) is 27.7 Å². The molecule has 0 spiro atoms. The first-order valence-corrected chi connectivity index (χ1v) is 4.76. The van der Waals surface area contributed by atoms with Crippen LogP contribution < -0.4 is 0 Å². The summed E-state index contributed by atoms with van der Waals surface area (Å²) in [6, 6.07) is 0. The van der Waals surface area contributed by atoms with Gasteiger partial charge >= 0.3 is 11.9 Å². The van der Waals surface area contributed by atoms with Gasteiger partial charge in [-0.25, -0.2) is 9.59 Å². The van der Waals surface area contributed by atoms with E-state index in [1.807, 2.05) is 0 Å². The van der Waals surface area contributed by atoms with Crippen molar-refractivity contribution in [1.82, 2.24) is 0 Å². The number of carboxylic acid groups (broad SMARTS) is 2.